The Morgan fingerprint density at radius 1 is 1.56 bits per heavy atom. The Bertz CT molecular complexity index is 423. The van der Waals surface area contributed by atoms with Crippen LogP contribution in [0.2, 0.25) is 0 Å². The van der Waals surface area contributed by atoms with E-state index in [1.54, 1.807) is 7.11 Å². The molecule has 1 aromatic carbocycles. The van der Waals surface area contributed by atoms with Crippen molar-refractivity contribution in [2.24, 2.45) is 11.7 Å². The van der Waals surface area contributed by atoms with Crippen molar-refractivity contribution in [2.45, 2.75) is 13.5 Å². The van der Waals surface area contributed by atoms with Gasteiger partial charge in [-0.3, -0.25) is 5.41 Å². The minimum absolute atomic E-state index is 0.0689. The lowest BCUT2D eigenvalue weighted by Gasteiger charge is -2.21. The number of hydrogen-bond donors (Lipinski definition) is 2. The number of hydrogen-bond acceptors (Lipinski definition) is 3. The topological polar surface area (TPSA) is 62.3 Å². The maximum Gasteiger partial charge on any atom is 0.119 e. The number of nitrogens with zero attached hydrogens (tertiary/aromatic N) is 1. The van der Waals surface area contributed by atoms with Crippen LogP contribution in [-0.4, -0.2) is 31.4 Å². The van der Waals surface area contributed by atoms with E-state index in [9.17, 15) is 0 Å². The maximum atomic E-state index is 7.40. The van der Waals surface area contributed by atoms with Gasteiger partial charge in [-0.15, -0.1) is 0 Å². The van der Waals surface area contributed by atoms with Crippen molar-refractivity contribution >= 4 is 21.8 Å². The zero-order valence-corrected chi connectivity index (χ0v) is 12.6. The van der Waals surface area contributed by atoms with Crippen LogP contribution in [0.1, 0.15) is 12.5 Å². The van der Waals surface area contributed by atoms with Gasteiger partial charge >= 0.3 is 0 Å². The number of ether oxygens (including phenoxy) is 1. The quantitative estimate of drug-likeness (QED) is 0.626. The van der Waals surface area contributed by atoms with Crippen molar-refractivity contribution in [1.29, 1.82) is 5.41 Å². The lowest BCUT2D eigenvalue weighted by Crippen LogP contribution is -2.31. The average molecular weight is 314 g/mol. The SMILES string of the molecule is COc1ccc(Br)c(CN(C)CC(C)C(=N)N)c1. The lowest BCUT2D eigenvalue weighted by atomic mass is 10.1. The molecule has 18 heavy (non-hydrogen) atoms. The van der Waals surface area contributed by atoms with Gasteiger partial charge in [0.15, 0.2) is 0 Å². The standard InChI is InChI=1S/C13H20BrN3O/c1-9(13(15)16)7-17(2)8-10-6-11(18-3)4-5-12(10)14/h4-6,9H,7-8H2,1-3H3,(H3,15,16). The second-order valence-electron chi connectivity index (χ2n) is 4.51. The second kappa shape index (κ2) is 6.75. The van der Waals surface area contributed by atoms with Crippen LogP contribution in [0.4, 0.5) is 0 Å². The summed E-state index contributed by atoms with van der Waals surface area (Å²) in [6.07, 6.45) is 0. The largest absolute Gasteiger partial charge is 0.497 e. The molecule has 0 amide bonds. The van der Waals surface area contributed by atoms with Gasteiger partial charge in [-0.05, 0) is 30.8 Å². The summed E-state index contributed by atoms with van der Waals surface area (Å²) in [5.41, 5.74) is 6.64. The van der Waals surface area contributed by atoms with Gasteiger partial charge in [-0.1, -0.05) is 22.9 Å². The third-order valence-corrected chi connectivity index (χ3v) is 3.58. The van der Waals surface area contributed by atoms with E-state index >= 15 is 0 Å². The molecule has 0 heterocycles. The molecule has 0 fully saturated rings. The third kappa shape index (κ3) is 4.31. The molecule has 0 aliphatic rings. The molecule has 1 aromatic rings. The molecule has 5 heteroatoms. The molecule has 4 nitrogen and oxygen atoms in total. The molecule has 0 spiro atoms. The minimum Gasteiger partial charge on any atom is -0.497 e. The molecular formula is C13H20BrN3O. The molecule has 0 aromatic heterocycles. The first-order valence-corrected chi connectivity index (χ1v) is 6.58. The fourth-order valence-corrected chi connectivity index (χ4v) is 2.09. The highest BCUT2D eigenvalue weighted by Gasteiger charge is 2.11. The summed E-state index contributed by atoms with van der Waals surface area (Å²) in [6, 6.07) is 5.92. The van der Waals surface area contributed by atoms with E-state index in [1.807, 2.05) is 32.2 Å². The molecule has 0 bridgehead atoms. The van der Waals surface area contributed by atoms with Crippen LogP contribution in [-0.2, 0) is 6.54 Å². The normalized spacial score (nSPS) is 12.5. The van der Waals surface area contributed by atoms with Crippen LogP contribution in [0.25, 0.3) is 0 Å². The van der Waals surface area contributed by atoms with Gasteiger partial charge in [-0.2, -0.15) is 0 Å². The van der Waals surface area contributed by atoms with Gasteiger partial charge in [0.25, 0.3) is 0 Å². The molecule has 0 aliphatic carbocycles. The summed E-state index contributed by atoms with van der Waals surface area (Å²) in [5.74, 6) is 1.15. The van der Waals surface area contributed by atoms with E-state index in [0.717, 1.165) is 28.9 Å². The first-order chi connectivity index (χ1) is 8.43. The molecule has 3 N–H and O–H groups in total. The van der Waals surface area contributed by atoms with E-state index in [-0.39, 0.29) is 11.8 Å². The van der Waals surface area contributed by atoms with Crippen molar-refractivity contribution in [3.05, 3.63) is 28.2 Å². The van der Waals surface area contributed by atoms with E-state index in [4.69, 9.17) is 15.9 Å². The second-order valence-corrected chi connectivity index (χ2v) is 5.36. The molecule has 1 unspecified atom stereocenters. The van der Waals surface area contributed by atoms with Crippen LogP contribution in [0.15, 0.2) is 22.7 Å². The molecular weight excluding hydrogens is 294 g/mol. The van der Waals surface area contributed by atoms with Gasteiger partial charge in [-0.25, -0.2) is 0 Å². The predicted molar refractivity (Wildman–Crippen MR) is 78.1 cm³/mol. The summed E-state index contributed by atoms with van der Waals surface area (Å²) in [7, 11) is 3.68. The monoisotopic (exact) mass is 313 g/mol. The van der Waals surface area contributed by atoms with Gasteiger partial charge in [0.1, 0.15) is 5.75 Å². The molecule has 1 rings (SSSR count). The number of nitrogens with one attached hydrogen (secondary N) is 1. The van der Waals surface area contributed by atoms with Gasteiger partial charge in [0, 0.05) is 23.5 Å². The molecule has 1 atom stereocenters. The van der Waals surface area contributed by atoms with Crippen molar-refractivity contribution < 1.29 is 4.74 Å². The Hall–Kier alpha value is -1.07. The molecule has 100 valence electrons. The molecule has 0 aliphatic heterocycles. The summed E-state index contributed by atoms with van der Waals surface area (Å²) in [4.78, 5) is 2.14. The van der Waals surface area contributed by atoms with Crippen LogP contribution in [0, 0.1) is 11.3 Å². The highest BCUT2D eigenvalue weighted by molar-refractivity contribution is 9.10. The molecule has 0 radical (unpaired) electrons. The van der Waals surface area contributed by atoms with E-state index in [1.165, 1.54) is 0 Å². The van der Waals surface area contributed by atoms with Crippen LogP contribution >= 0.6 is 15.9 Å². The van der Waals surface area contributed by atoms with Crippen molar-refractivity contribution in [3.8, 4) is 5.75 Å². The number of benzene rings is 1. The zero-order valence-electron chi connectivity index (χ0n) is 11.0. The first kappa shape index (κ1) is 15.0. The van der Waals surface area contributed by atoms with Crippen LogP contribution in [0.3, 0.4) is 0 Å². The van der Waals surface area contributed by atoms with Crippen LogP contribution < -0.4 is 10.5 Å². The van der Waals surface area contributed by atoms with Crippen molar-refractivity contribution in [2.75, 3.05) is 20.7 Å². The van der Waals surface area contributed by atoms with Gasteiger partial charge in [0.05, 0.1) is 12.9 Å². The Kier molecular flexibility index (Phi) is 5.62. The smallest absolute Gasteiger partial charge is 0.119 e. The summed E-state index contributed by atoms with van der Waals surface area (Å²) in [5, 5.41) is 7.40. The number of rotatable bonds is 6. The van der Waals surface area contributed by atoms with Crippen LogP contribution in [0.5, 0.6) is 5.75 Å². The molecule has 0 saturated carbocycles. The van der Waals surface area contributed by atoms with Crippen molar-refractivity contribution in [1.82, 2.24) is 4.90 Å². The van der Waals surface area contributed by atoms with Gasteiger partial charge < -0.3 is 15.4 Å². The number of halogens is 1. The Balaban J connectivity index is 2.69. The fourth-order valence-electron chi connectivity index (χ4n) is 1.72. The van der Waals surface area contributed by atoms with E-state index in [0.29, 0.717) is 0 Å². The van der Waals surface area contributed by atoms with Crippen molar-refractivity contribution in [3.63, 3.8) is 0 Å². The summed E-state index contributed by atoms with van der Waals surface area (Å²) < 4.78 is 6.28. The summed E-state index contributed by atoms with van der Waals surface area (Å²) in [6.45, 7) is 3.51. The minimum atomic E-state index is 0.0689. The maximum absolute atomic E-state index is 7.40. The van der Waals surface area contributed by atoms with E-state index in [2.05, 4.69) is 20.8 Å². The Morgan fingerprint density at radius 3 is 2.78 bits per heavy atom. The van der Waals surface area contributed by atoms with Gasteiger partial charge in [0.2, 0.25) is 0 Å². The fraction of sp³-hybridized carbons (Fsp3) is 0.462. The van der Waals surface area contributed by atoms with E-state index < -0.39 is 0 Å². The average Bonchev–Trinajstić information content (AvgIpc) is 2.31. The molecule has 0 saturated heterocycles. The summed E-state index contributed by atoms with van der Waals surface area (Å²) >= 11 is 3.53. The Labute approximate surface area is 117 Å². The number of methoxy groups -OCH3 is 1. The number of amidine groups is 1. The third-order valence-electron chi connectivity index (χ3n) is 2.81. The zero-order chi connectivity index (χ0) is 13.7. The highest BCUT2D eigenvalue weighted by Crippen LogP contribution is 2.23. The lowest BCUT2D eigenvalue weighted by molar-refractivity contribution is 0.305. The Morgan fingerprint density at radius 2 is 2.22 bits per heavy atom. The highest BCUT2D eigenvalue weighted by atomic mass is 79.9. The predicted octanol–water partition coefficient (Wildman–Crippen LogP) is 2.46. The number of nitrogens with two attached hydrogens (primary N) is 1. The first-order valence-electron chi connectivity index (χ1n) is 5.79.